The molecule has 2 rings (SSSR count). The van der Waals surface area contributed by atoms with Crippen LogP contribution in [0.25, 0.3) is 0 Å². The smallest absolute Gasteiger partial charge is 0.0931 e. The van der Waals surface area contributed by atoms with Crippen molar-refractivity contribution < 1.29 is 0 Å². The van der Waals surface area contributed by atoms with Gasteiger partial charge in [0, 0.05) is 11.4 Å². The van der Waals surface area contributed by atoms with E-state index < -0.39 is 0 Å². The molecule has 1 aromatic heterocycles. The van der Waals surface area contributed by atoms with E-state index in [0.717, 1.165) is 10.9 Å². The average Bonchev–Trinajstić information content (AvgIpc) is 2.58. The SMILES string of the molecule is Clc1ccc(C2CN2)s1. The Kier molecular flexibility index (Phi) is 1.25. The molecule has 0 aromatic carbocycles. The first-order valence-corrected chi connectivity index (χ1v) is 4.04. The minimum Gasteiger partial charge on any atom is -0.306 e. The third-order valence-electron chi connectivity index (χ3n) is 1.35. The van der Waals surface area contributed by atoms with Crippen LogP contribution in [0.5, 0.6) is 0 Å². The molecule has 1 fully saturated rings. The van der Waals surface area contributed by atoms with Gasteiger partial charge in [-0.25, -0.2) is 0 Å². The normalized spacial score (nSPS) is 24.3. The Morgan fingerprint density at radius 1 is 1.67 bits per heavy atom. The van der Waals surface area contributed by atoms with E-state index in [2.05, 4.69) is 11.4 Å². The Balaban J connectivity index is 2.28. The van der Waals surface area contributed by atoms with Gasteiger partial charge in [-0.3, -0.25) is 0 Å². The zero-order valence-electron chi connectivity index (χ0n) is 4.73. The number of thiophene rings is 1. The van der Waals surface area contributed by atoms with Crippen LogP contribution < -0.4 is 5.32 Å². The molecule has 1 N–H and O–H groups in total. The van der Waals surface area contributed by atoms with Crippen LogP contribution in [0.4, 0.5) is 0 Å². The van der Waals surface area contributed by atoms with Crippen LogP contribution in [0.2, 0.25) is 4.34 Å². The summed E-state index contributed by atoms with van der Waals surface area (Å²) in [6.45, 7) is 1.12. The van der Waals surface area contributed by atoms with Crippen molar-refractivity contribution >= 4 is 22.9 Å². The lowest BCUT2D eigenvalue weighted by Gasteiger charge is -1.81. The summed E-state index contributed by atoms with van der Waals surface area (Å²) in [4.78, 5) is 1.36. The maximum absolute atomic E-state index is 5.72. The molecule has 1 unspecified atom stereocenters. The summed E-state index contributed by atoms with van der Waals surface area (Å²) in [5, 5.41) is 3.22. The van der Waals surface area contributed by atoms with Crippen molar-refractivity contribution in [2.45, 2.75) is 6.04 Å². The Morgan fingerprint density at radius 2 is 2.44 bits per heavy atom. The number of rotatable bonds is 1. The fraction of sp³-hybridized carbons (Fsp3) is 0.333. The molecule has 9 heavy (non-hydrogen) atoms. The Labute approximate surface area is 62.6 Å². The molecule has 48 valence electrons. The fourth-order valence-electron chi connectivity index (χ4n) is 0.776. The van der Waals surface area contributed by atoms with Gasteiger partial charge < -0.3 is 5.32 Å². The van der Waals surface area contributed by atoms with E-state index in [0.29, 0.717) is 6.04 Å². The van der Waals surface area contributed by atoms with Gasteiger partial charge in [0.15, 0.2) is 0 Å². The molecular formula is C6H6ClNS. The minimum atomic E-state index is 0.613. The molecule has 1 aromatic rings. The predicted molar refractivity (Wildman–Crippen MR) is 40.1 cm³/mol. The Morgan fingerprint density at radius 3 is 2.89 bits per heavy atom. The molecule has 0 amide bonds. The standard InChI is InChI=1S/C6H6ClNS/c7-6-2-1-5(9-6)4-3-8-4/h1-2,4,8H,3H2. The van der Waals surface area contributed by atoms with Crippen LogP contribution >= 0.6 is 22.9 Å². The number of hydrogen-bond donors (Lipinski definition) is 1. The van der Waals surface area contributed by atoms with E-state index in [-0.39, 0.29) is 0 Å². The van der Waals surface area contributed by atoms with Crippen LogP contribution in [0.15, 0.2) is 12.1 Å². The highest BCUT2D eigenvalue weighted by molar-refractivity contribution is 7.16. The van der Waals surface area contributed by atoms with E-state index >= 15 is 0 Å². The molecule has 1 aliphatic rings. The number of halogens is 1. The van der Waals surface area contributed by atoms with Gasteiger partial charge in [-0.2, -0.15) is 0 Å². The highest BCUT2D eigenvalue weighted by Gasteiger charge is 2.23. The quantitative estimate of drug-likeness (QED) is 0.623. The summed E-state index contributed by atoms with van der Waals surface area (Å²) < 4.78 is 0.888. The van der Waals surface area contributed by atoms with Gasteiger partial charge in [0.25, 0.3) is 0 Å². The second-order valence-corrected chi connectivity index (χ2v) is 3.85. The van der Waals surface area contributed by atoms with Crippen LogP contribution in [-0.4, -0.2) is 6.54 Å². The lowest BCUT2D eigenvalue weighted by atomic mass is 10.4. The Bertz CT molecular complexity index is 217. The van der Waals surface area contributed by atoms with Crippen molar-refractivity contribution in [1.82, 2.24) is 5.32 Å². The zero-order valence-corrected chi connectivity index (χ0v) is 6.30. The lowest BCUT2D eigenvalue weighted by Crippen LogP contribution is -1.73. The van der Waals surface area contributed by atoms with Gasteiger partial charge in [-0.05, 0) is 12.1 Å². The number of nitrogens with one attached hydrogen (secondary N) is 1. The van der Waals surface area contributed by atoms with Crippen molar-refractivity contribution in [2.24, 2.45) is 0 Å². The highest BCUT2D eigenvalue weighted by Crippen LogP contribution is 2.30. The topological polar surface area (TPSA) is 21.9 Å². The van der Waals surface area contributed by atoms with Gasteiger partial charge in [-0.1, -0.05) is 11.6 Å². The molecule has 0 aliphatic carbocycles. The maximum Gasteiger partial charge on any atom is 0.0931 e. The summed E-state index contributed by atoms with van der Waals surface area (Å²) in [6.07, 6.45) is 0. The third-order valence-corrected chi connectivity index (χ3v) is 2.69. The van der Waals surface area contributed by atoms with Gasteiger partial charge in [0.05, 0.1) is 10.4 Å². The predicted octanol–water partition coefficient (Wildman–Crippen LogP) is 2.05. The van der Waals surface area contributed by atoms with E-state index in [1.165, 1.54) is 4.88 Å². The minimum absolute atomic E-state index is 0.613. The van der Waals surface area contributed by atoms with Crippen molar-refractivity contribution in [3.05, 3.63) is 21.3 Å². The summed E-state index contributed by atoms with van der Waals surface area (Å²) in [5.74, 6) is 0. The summed E-state index contributed by atoms with van der Waals surface area (Å²) in [6, 6.07) is 4.64. The van der Waals surface area contributed by atoms with Gasteiger partial charge in [0.1, 0.15) is 0 Å². The molecule has 3 heteroatoms. The maximum atomic E-state index is 5.72. The third kappa shape index (κ3) is 1.11. The summed E-state index contributed by atoms with van der Waals surface area (Å²) in [7, 11) is 0. The van der Waals surface area contributed by atoms with E-state index in [4.69, 9.17) is 11.6 Å². The fourth-order valence-corrected chi connectivity index (χ4v) is 1.91. The van der Waals surface area contributed by atoms with Crippen molar-refractivity contribution in [2.75, 3.05) is 6.54 Å². The van der Waals surface area contributed by atoms with Gasteiger partial charge in [-0.15, -0.1) is 11.3 Å². The lowest BCUT2D eigenvalue weighted by molar-refractivity contribution is 1.12. The molecule has 0 bridgehead atoms. The summed E-state index contributed by atoms with van der Waals surface area (Å²) >= 11 is 7.38. The van der Waals surface area contributed by atoms with Gasteiger partial charge >= 0.3 is 0 Å². The molecule has 2 heterocycles. The van der Waals surface area contributed by atoms with Gasteiger partial charge in [0.2, 0.25) is 0 Å². The van der Waals surface area contributed by atoms with E-state index in [1.54, 1.807) is 11.3 Å². The van der Waals surface area contributed by atoms with Crippen molar-refractivity contribution in [1.29, 1.82) is 0 Å². The highest BCUT2D eigenvalue weighted by atomic mass is 35.5. The molecule has 1 atom stereocenters. The monoisotopic (exact) mass is 159 g/mol. The molecule has 1 saturated heterocycles. The second-order valence-electron chi connectivity index (χ2n) is 2.10. The first-order chi connectivity index (χ1) is 4.36. The molecule has 1 nitrogen and oxygen atoms in total. The largest absolute Gasteiger partial charge is 0.306 e. The first-order valence-electron chi connectivity index (χ1n) is 2.85. The van der Waals surface area contributed by atoms with Crippen LogP contribution in [0, 0.1) is 0 Å². The number of hydrogen-bond acceptors (Lipinski definition) is 2. The molecule has 1 aliphatic heterocycles. The van der Waals surface area contributed by atoms with Crippen LogP contribution in [-0.2, 0) is 0 Å². The summed E-state index contributed by atoms with van der Waals surface area (Å²) in [5.41, 5.74) is 0. The molecule has 0 saturated carbocycles. The second kappa shape index (κ2) is 1.97. The van der Waals surface area contributed by atoms with Crippen molar-refractivity contribution in [3.63, 3.8) is 0 Å². The molecule has 0 radical (unpaired) electrons. The zero-order chi connectivity index (χ0) is 6.27. The first kappa shape index (κ1) is 5.71. The molecular weight excluding hydrogens is 154 g/mol. The van der Waals surface area contributed by atoms with E-state index in [1.807, 2.05) is 6.07 Å². The van der Waals surface area contributed by atoms with Crippen LogP contribution in [0.1, 0.15) is 10.9 Å². The van der Waals surface area contributed by atoms with E-state index in [9.17, 15) is 0 Å². The van der Waals surface area contributed by atoms with Crippen LogP contribution in [0.3, 0.4) is 0 Å². The Hall–Kier alpha value is -0.0500. The van der Waals surface area contributed by atoms with Crippen molar-refractivity contribution in [3.8, 4) is 0 Å². The molecule has 0 spiro atoms. The average molecular weight is 160 g/mol.